The number of ketones is 1. The van der Waals surface area contributed by atoms with Gasteiger partial charge in [-0.3, -0.25) is 4.79 Å². The second kappa shape index (κ2) is 3.63. The molecule has 1 unspecified atom stereocenters. The summed E-state index contributed by atoms with van der Waals surface area (Å²) in [6, 6.07) is 0. The first-order valence-electron chi connectivity index (χ1n) is 2.90. The molecule has 0 saturated heterocycles. The van der Waals surface area contributed by atoms with Crippen molar-refractivity contribution >= 4 is 21.9 Å². The van der Waals surface area contributed by atoms with Crippen LogP contribution in [0.5, 0.6) is 0 Å². The van der Waals surface area contributed by atoms with E-state index >= 15 is 0 Å². The number of Topliss-reactive ketones (excluding diaryl/α,β-unsaturated/α-hetero) is 1. The Morgan fingerprint density at radius 3 is 1.92 bits per heavy atom. The molecule has 6 nitrogen and oxygen atoms in total. The zero-order chi connectivity index (χ0) is 9.94. The normalized spacial score (nSPS) is 13.8. The molecule has 1 atom stereocenters. The molecule has 0 saturated carbocycles. The Hall–Kier alpha value is -0.950. The number of hydrogen-bond acceptors (Lipinski definition) is 6. The van der Waals surface area contributed by atoms with Gasteiger partial charge in [-0.05, 0) is 6.92 Å². The molecule has 0 aromatic carbocycles. The molecule has 70 valence electrons. The molecule has 0 aromatic heterocycles. The molecule has 0 rings (SSSR count). The van der Waals surface area contributed by atoms with Crippen LogP contribution in [0.2, 0.25) is 0 Å². The monoisotopic (exact) mass is 194 g/mol. The van der Waals surface area contributed by atoms with E-state index in [-0.39, 0.29) is 0 Å². The number of carbonyl (C=O) groups excluding carboxylic acids is 2. The Kier molecular flexibility index (Phi) is 3.35. The van der Waals surface area contributed by atoms with Crippen LogP contribution in [-0.4, -0.2) is 30.0 Å². The molecule has 0 radical (unpaired) electrons. The molecule has 12 heavy (non-hydrogen) atoms. The third kappa shape index (κ3) is 3.44. The van der Waals surface area contributed by atoms with Crippen molar-refractivity contribution in [3.8, 4) is 0 Å². The van der Waals surface area contributed by atoms with Gasteiger partial charge in [-0.25, -0.2) is 8.42 Å². The largest absolute Gasteiger partial charge is 0.747 e. The van der Waals surface area contributed by atoms with Gasteiger partial charge in [0, 0.05) is 6.42 Å². The van der Waals surface area contributed by atoms with E-state index in [1.165, 1.54) is 0 Å². The number of carbonyl (C=O) groups is 2. The Balaban J connectivity index is 4.70. The minimum atomic E-state index is -4.99. The summed E-state index contributed by atoms with van der Waals surface area (Å²) in [6.07, 6.45) is -0.839. The zero-order valence-electron chi connectivity index (χ0n) is 6.14. The van der Waals surface area contributed by atoms with Crippen molar-refractivity contribution < 1.29 is 27.7 Å². The third-order valence-electron chi connectivity index (χ3n) is 1.08. The van der Waals surface area contributed by atoms with E-state index in [0.29, 0.717) is 0 Å². The van der Waals surface area contributed by atoms with Crippen molar-refractivity contribution in [3.63, 3.8) is 0 Å². The lowest BCUT2D eigenvalue weighted by Crippen LogP contribution is -2.42. The van der Waals surface area contributed by atoms with Crippen LogP contribution in [0, 0.1) is 0 Å². The predicted octanol–water partition coefficient (Wildman–Crippen LogP) is -2.37. The van der Waals surface area contributed by atoms with Crippen LogP contribution in [0.25, 0.3) is 0 Å². The van der Waals surface area contributed by atoms with E-state index in [1.807, 2.05) is 0 Å². The standard InChI is InChI=1S/C5H8O6S/c1-3(6)2-4(5(7)8)12(9,10)11/h4H,2H2,1H3,(H,7,8)(H,9,10,11)/p-2. The van der Waals surface area contributed by atoms with Crippen molar-refractivity contribution in [2.45, 2.75) is 18.6 Å². The van der Waals surface area contributed by atoms with Gasteiger partial charge in [-0.2, -0.15) is 0 Å². The summed E-state index contributed by atoms with van der Waals surface area (Å²) in [5, 5.41) is 7.77. The Morgan fingerprint density at radius 2 is 1.83 bits per heavy atom. The average Bonchev–Trinajstić information content (AvgIpc) is 1.79. The quantitative estimate of drug-likeness (QED) is 0.462. The molecule has 0 aromatic rings. The van der Waals surface area contributed by atoms with Gasteiger partial charge in [-0.1, -0.05) is 0 Å². The summed E-state index contributed by atoms with van der Waals surface area (Å²) in [4.78, 5) is 20.3. The first kappa shape index (κ1) is 11.1. The van der Waals surface area contributed by atoms with Gasteiger partial charge >= 0.3 is 0 Å². The molecular weight excluding hydrogens is 188 g/mol. The molecule has 0 spiro atoms. The summed E-state index contributed by atoms with van der Waals surface area (Å²) in [5.74, 6) is -2.73. The second-order valence-corrected chi connectivity index (χ2v) is 3.76. The van der Waals surface area contributed by atoms with Crippen LogP contribution in [0.4, 0.5) is 0 Å². The summed E-state index contributed by atoms with van der Waals surface area (Å²) in [6.45, 7) is 0.987. The first-order valence-corrected chi connectivity index (χ1v) is 4.37. The molecule has 0 amide bonds. The third-order valence-corrected chi connectivity index (χ3v) is 2.14. The second-order valence-electron chi connectivity index (χ2n) is 2.21. The Morgan fingerprint density at radius 1 is 1.42 bits per heavy atom. The highest BCUT2D eigenvalue weighted by Crippen LogP contribution is 2.03. The van der Waals surface area contributed by atoms with Gasteiger partial charge in [0.25, 0.3) is 0 Å². The fraction of sp³-hybridized carbons (Fsp3) is 0.600. The predicted molar refractivity (Wildman–Crippen MR) is 33.8 cm³/mol. The van der Waals surface area contributed by atoms with Gasteiger partial charge in [0.05, 0.1) is 11.2 Å². The average molecular weight is 194 g/mol. The molecule has 0 heterocycles. The minimum absolute atomic E-state index is 0.691. The van der Waals surface area contributed by atoms with Crippen LogP contribution < -0.4 is 5.11 Å². The van der Waals surface area contributed by atoms with Gasteiger partial charge < -0.3 is 14.5 Å². The fourth-order valence-electron chi connectivity index (χ4n) is 0.564. The first-order chi connectivity index (χ1) is 5.25. The minimum Gasteiger partial charge on any atom is -0.747 e. The van der Waals surface area contributed by atoms with Crippen LogP contribution in [-0.2, 0) is 19.7 Å². The van der Waals surface area contributed by atoms with Gasteiger partial charge in [-0.15, -0.1) is 0 Å². The summed E-state index contributed by atoms with van der Waals surface area (Å²) < 4.78 is 30.5. The zero-order valence-corrected chi connectivity index (χ0v) is 6.96. The number of aliphatic carboxylic acids is 1. The van der Waals surface area contributed by atoms with Crippen LogP contribution in [0.15, 0.2) is 0 Å². The molecule has 0 aliphatic carbocycles. The van der Waals surface area contributed by atoms with Gasteiger partial charge in [0.1, 0.15) is 15.9 Å². The Labute approximate surface area is 68.9 Å². The highest BCUT2D eigenvalue weighted by atomic mass is 32.2. The number of carboxylic acids is 1. The lowest BCUT2D eigenvalue weighted by atomic mass is 10.2. The lowest BCUT2D eigenvalue weighted by Gasteiger charge is -2.19. The highest BCUT2D eigenvalue weighted by Gasteiger charge is 2.19. The molecule has 0 aliphatic heterocycles. The maximum Gasteiger partial charge on any atom is 0.131 e. The summed E-state index contributed by atoms with van der Waals surface area (Å²) in [7, 11) is -4.99. The van der Waals surface area contributed by atoms with E-state index in [4.69, 9.17) is 0 Å². The summed E-state index contributed by atoms with van der Waals surface area (Å²) >= 11 is 0. The lowest BCUT2D eigenvalue weighted by molar-refractivity contribution is -0.305. The van der Waals surface area contributed by atoms with Crippen molar-refractivity contribution in [2.24, 2.45) is 0 Å². The van der Waals surface area contributed by atoms with E-state index in [2.05, 4.69) is 0 Å². The highest BCUT2D eigenvalue weighted by molar-refractivity contribution is 7.87. The maximum atomic E-state index is 10.3. The number of hydrogen-bond donors (Lipinski definition) is 0. The van der Waals surface area contributed by atoms with Gasteiger partial charge in [0.15, 0.2) is 0 Å². The molecule has 0 aliphatic rings. The topological polar surface area (TPSA) is 114 Å². The Bertz CT molecular complexity index is 289. The van der Waals surface area contributed by atoms with Crippen molar-refractivity contribution in [1.82, 2.24) is 0 Å². The van der Waals surface area contributed by atoms with E-state index in [1.54, 1.807) is 0 Å². The van der Waals surface area contributed by atoms with Crippen LogP contribution in [0.1, 0.15) is 13.3 Å². The molecule has 0 N–H and O–H groups in total. The molecule has 0 bridgehead atoms. The van der Waals surface area contributed by atoms with Crippen molar-refractivity contribution in [3.05, 3.63) is 0 Å². The number of rotatable bonds is 4. The number of carboxylic acid groups (broad SMARTS) is 1. The molecular formula is C5H6O6S-2. The van der Waals surface area contributed by atoms with Gasteiger partial charge in [0.2, 0.25) is 0 Å². The van der Waals surface area contributed by atoms with E-state index in [0.717, 1.165) is 6.92 Å². The van der Waals surface area contributed by atoms with Crippen molar-refractivity contribution in [1.29, 1.82) is 0 Å². The maximum absolute atomic E-state index is 10.3. The van der Waals surface area contributed by atoms with Crippen LogP contribution in [0.3, 0.4) is 0 Å². The fourth-order valence-corrected chi connectivity index (χ4v) is 1.24. The van der Waals surface area contributed by atoms with E-state index < -0.39 is 33.5 Å². The van der Waals surface area contributed by atoms with Crippen LogP contribution >= 0.6 is 0 Å². The van der Waals surface area contributed by atoms with E-state index in [9.17, 15) is 27.7 Å². The molecule has 7 heteroatoms. The molecule has 0 fully saturated rings. The SMILES string of the molecule is CC(=O)CC(C(=O)[O-])S(=O)(=O)[O-]. The smallest absolute Gasteiger partial charge is 0.131 e. The van der Waals surface area contributed by atoms with Crippen molar-refractivity contribution in [2.75, 3.05) is 0 Å². The summed E-state index contributed by atoms with van der Waals surface area (Å²) in [5.41, 5.74) is 0.